The first-order chi connectivity index (χ1) is 8.50. The molecule has 0 radical (unpaired) electrons. The first-order valence-electron chi connectivity index (χ1n) is 5.66. The molecular weight excluding hydrogens is 252 g/mol. The zero-order chi connectivity index (χ0) is 12.9. The highest BCUT2D eigenvalue weighted by Gasteiger charge is 2.40. The molecule has 0 unspecified atom stereocenters. The molecule has 1 saturated carbocycles. The predicted molar refractivity (Wildman–Crippen MR) is 66.1 cm³/mol. The fourth-order valence-corrected chi connectivity index (χ4v) is 2.69. The van der Waals surface area contributed by atoms with Crippen molar-refractivity contribution in [1.29, 1.82) is 5.26 Å². The van der Waals surface area contributed by atoms with E-state index in [0.29, 0.717) is 29.4 Å². The van der Waals surface area contributed by atoms with Gasteiger partial charge in [0, 0.05) is 17.6 Å². The molecule has 2 heterocycles. The average Bonchev–Trinajstić information content (AvgIpc) is 2.63. The Balaban J connectivity index is 2.11. The molecule has 92 valence electrons. The lowest BCUT2D eigenvalue weighted by molar-refractivity contribution is -0.0498. The Labute approximate surface area is 109 Å². The first-order valence-corrected chi connectivity index (χ1v) is 6.04. The molecule has 0 saturated heterocycles. The van der Waals surface area contributed by atoms with Gasteiger partial charge in [0.15, 0.2) is 10.8 Å². The van der Waals surface area contributed by atoms with Crippen LogP contribution in [0.3, 0.4) is 0 Å². The highest BCUT2D eigenvalue weighted by Crippen LogP contribution is 2.42. The number of aliphatic hydroxyl groups is 1. The summed E-state index contributed by atoms with van der Waals surface area (Å²) in [6, 6.07) is 3.95. The van der Waals surface area contributed by atoms with E-state index in [1.54, 1.807) is 12.3 Å². The van der Waals surface area contributed by atoms with Crippen LogP contribution >= 0.6 is 11.6 Å². The van der Waals surface area contributed by atoms with Crippen molar-refractivity contribution >= 4 is 22.6 Å². The topological polar surface area (TPSA) is 74.7 Å². The van der Waals surface area contributed by atoms with Gasteiger partial charge in [0.2, 0.25) is 0 Å². The Hall–Kier alpha value is -1.64. The Morgan fingerprint density at radius 1 is 1.56 bits per heavy atom. The van der Waals surface area contributed by atoms with Crippen molar-refractivity contribution in [3.8, 4) is 6.07 Å². The van der Waals surface area contributed by atoms with E-state index in [1.807, 2.05) is 11.5 Å². The number of rotatable bonds is 1. The molecule has 18 heavy (non-hydrogen) atoms. The fourth-order valence-electron chi connectivity index (χ4n) is 2.54. The Bertz CT molecular complexity index is 663. The van der Waals surface area contributed by atoms with E-state index >= 15 is 0 Å². The Morgan fingerprint density at radius 2 is 2.28 bits per heavy atom. The molecule has 1 aliphatic carbocycles. The molecule has 0 amide bonds. The van der Waals surface area contributed by atoms with Crippen LogP contribution in [0.25, 0.3) is 11.0 Å². The van der Waals surface area contributed by atoms with Crippen LogP contribution in [0.5, 0.6) is 0 Å². The van der Waals surface area contributed by atoms with Gasteiger partial charge in [0.1, 0.15) is 6.07 Å². The van der Waals surface area contributed by atoms with Crippen molar-refractivity contribution in [2.75, 3.05) is 0 Å². The van der Waals surface area contributed by atoms with Crippen molar-refractivity contribution in [2.24, 2.45) is 0 Å². The second-order valence-electron chi connectivity index (χ2n) is 5.03. The van der Waals surface area contributed by atoms with Crippen LogP contribution in [0.2, 0.25) is 5.15 Å². The van der Waals surface area contributed by atoms with Crippen molar-refractivity contribution in [3.63, 3.8) is 0 Å². The number of fused-ring (bicyclic) bond motifs is 1. The minimum absolute atomic E-state index is 0.167. The van der Waals surface area contributed by atoms with E-state index in [1.165, 1.54) is 0 Å². The first kappa shape index (κ1) is 11.5. The van der Waals surface area contributed by atoms with E-state index in [-0.39, 0.29) is 11.2 Å². The van der Waals surface area contributed by atoms with Crippen molar-refractivity contribution in [1.82, 2.24) is 14.8 Å². The highest BCUT2D eigenvalue weighted by molar-refractivity contribution is 6.29. The summed E-state index contributed by atoms with van der Waals surface area (Å²) in [6.45, 7) is 1.81. The SMILES string of the molecule is CC1(O)CC(n2cc(C#N)c3cc(Cl)nnc32)C1. The average molecular weight is 263 g/mol. The molecule has 1 fully saturated rings. The number of halogens is 1. The number of hydrogen-bond donors (Lipinski definition) is 1. The summed E-state index contributed by atoms with van der Waals surface area (Å²) in [5.74, 6) is 0. The quantitative estimate of drug-likeness (QED) is 0.853. The van der Waals surface area contributed by atoms with Crippen LogP contribution in [-0.4, -0.2) is 25.5 Å². The largest absolute Gasteiger partial charge is 0.390 e. The normalized spacial score (nSPS) is 26.9. The number of nitriles is 1. The van der Waals surface area contributed by atoms with Gasteiger partial charge in [-0.05, 0) is 25.8 Å². The lowest BCUT2D eigenvalue weighted by Crippen LogP contribution is -2.41. The van der Waals surface area contributed by atoms with E-state index in [4.69, 9.17) is 16.9 Å². The molecule has 0 spiro atoms. The summed E-state index contributed by atoms with van der Waals surface area (Å²) < 4.78 is 1.91. The summed E-state index contributed by atoms with van der Waals surface area (Å²) >= 11 is 5.80. The van der Waals surface area contributed by atoms with Gasteiger partial charge >= 0.3 is 0 Å². The summed E-state index contributed by atoms with van der Waals surface area (Å²) in [5.41, 5.74) is 0.568. The van der Waals surface area contributed by atoms with Gasteiger partial charge < -0.3 is 9.67 Å². The number of nitrogens with zero attached hydrogens (tertiary/aromatic N) is 4. The summed E-state index contributed by atoms with van der Waals surface area (Å²) in [6.07, 6.45) is 3.08. The van der Waals surface area contributed by atoms with Crippen LogP contribution in [-0.2, 0) is 0 Å². The smallest absolute Gasteiger partial charge is 0.164 e. The van der Waals surface area contributed by atoms with Crippen molar-refractivity contribution in [3.05, 3.63) is 23.0 Å². The molecule has 0 aliphatic heterocycles. The van der Waals surface area contributed by atoms with Gasteiger partial charge in [-0.3, -0.25) is 0 Å². The second kappa shape index (κ2) is 3.67. The van der Waals surface area contributed by atoms with Gasteiger partial charge in [0.25, 0.3) is 0 Å². The molecule has 6 heteroatoms. The van der Waals surface area contributed by atoms with E-state index in [2.05, 4.69) is 16.3 Å². The minimum Gasteiger partial charge on any atom is -0.390 e. The predicted octanol–water partition coefficient (Wildman–Crippen LogP) is 2.04. The van der Waals surface area contributed by atoms with Crippen molar-refractivity contribution in [2.45, 2.75) is 31.4 Å². The van der Waals surface area contributed by atoms with Crippen LogP contribution < -0.4 is 0 Å². The third-order valence-corrected chi connectivity index (χ3v) is 3.60. The van der Waals surface area contributed by atoms with Gasteiger partial charge in [0.05, 0.1) is 11.2 Å². The Morgan fingerprint density at radius 3 is 2.89 bits per heavy atom. The molecule has 2 aromatic heterocycles. The zero-order valence-electron chi connectivity index (χ0n) is 9.76. The summed E-state index contributed by atoms with van der Waals surface area (Å²) in [7, 11) is 0. The van der Waals surface area contributed by atoms with Gasteiger partial charge in [-0.25, -0.2) is 0 Å². The summed E-state index contributed by atoms with van der Waals surface area (Å²) in [4.78, 5) is 0. The third-order valence-electron chi connectivity index (χ3n) is 3.41. The van der Waals surface area contributed by atoms with Gasteiger partial charge in [-0.2, -0.15) is 5.26 Å². The van der Waals surface area contributed by atoms with Crippen LogP contribution in [0.15, 0.2) is 12.3 Å². The van der Waals surface area contributed by atoms with Crippen LogP contribution in [0.1, 0.15) is 31.4 Å². The standard InChI is InChI=1S/C12H11ClN4O/c1-12(18)3-8(4-12)17-6-7(5-14)9-2-10(13)15-16-11(9)17/h2,6,8,18H,3-4H2,1H3. The lowest BCUT2D eigenvalue weighted by Gasteiger charge is -2.41. The Kier molecular flexibility index (Phi) is 2.34. The monoisotopic (exact) mass is 262 g/mol. The van der Waals surface area contributed by atoms with E-state index < -0.39 is 5.60 Å². The van der Waals surface area contributed by atoms with Gasteiger partial charge in [-0.1, -0.05) is 11.6 Å². The molecule has 2 aromatic rings. The van der Waals surface area contributed by atoms with Crippen LogP contribution in [0, 0.1) is 11.3 Å². The molecule has 0 aromatic carbocycles. The molecule has 3 rings (SSSR count). The lowest BCUT2D eigenvalue weighted by atomic mass is 9.77. The molecule has 5 nitrogen and oxygen atoms in total. The molecular formula is C12H11ClN4O. The van der Waals surface area contributed by atoms with Crippen molar-refractivity contribution < 1.29 is 5.11 Å². The van der Waals surface area contributed by atoms with Gasteiger partial charge in [-0.15, -0.1) is 10.2 Å². The zero-order valence-corrected chi connectivity index (χ0v) is 10.5. The maximum Gasteiger partial charge on any atom is 0.164 e. The fraction of sp³-hybridized carbons (Fsp3) is 0.417. The molecule has 1 N–H and O–H groups in total. The number of hydrogen-bond acceptors (Lipinski definition) is 4. The maximum atomic E-state index is 9.79. The second-order valence-corrected chi connectivity index (χ2v) is 5.41. The summed E-state index contributed by atoms with van der Waals surface area (Å²) in [5, 5.41) is 27.8. The third kappa shape index (κ3) is 1.65. The van der Waals surface area contributed by atoms with E-state index in [0.717, 1.165) is 0 Å². The molecule has 0 atom stereocenters. The molecule has 1 aliphatic rings. The number of aromatic nitrogens is 3. The molecule has 0 bridgehead atoms. The van der Waals surface area contributed by atoms with E-state index in [9.17, 15) is 5.11 Å². The maximum absolute atomic E-state index is 9.79. The van der Waals surface area contributed by atoms with Crippen LogP contribution in [0.4, 0.5) is 0 Å². The highest BCUT2D eigenvalue weighted by atomic mass is 35.5. The minimum atomic E-state index is -0.617.